The van der Waals surface area contributed by atoms with Crippen LogP contribution in [0.4, 0.5) is 0 Å². The second kappa shape index (κ2) is 10.1. The molecular weight excluding hydrogens is 236 g/mol. The Morgan fingerprint density at radius 1 is 1.26 bits per heavy atom. The summed E-state index contributed by atoms with van der Waals surface area (Å²) in [6, 6.07) is 0. The van der Waals surface area contributed by atoms with Crippen LogP contribution in [0, 0.1) is 5.92 Å². The van der Waals surface area contributed by atoms with E-state index < -0.39 is 0 Å². The number of hydrogen-bond acceptors (Lipinski definition) is 2. The third-order valence-corrected chi connectivity index (χ3v) is 3.68. The maximum Gasteiger partial charge on any atom is 0.188 e. The zero-order valence-electron chi connectivity index (χ0n) is 12.8. The summed E-state index contributed by atoms with van der Waals surface area (Å²) in [6.45, 7) is 9.97. The molecule has 0 amide bonds. The summed E-state index contributed by atoms with van der Waals surface area (Å²) in [5.74, 6) is 1.21. The van der Waals surface area contributed by atoms with Gasteiger partial charge >= 0.3 is 0 Å². The molecule has 1 aliphatic heterocycles. The molecule has 1 saturated heterocycles. The van der Waals surface area contributed by atoms with Crippen molar-refractivity contribution in [2.75, 3.05) is 32.7 Å². The van der Waals surface area contributed by atoms with Crippen LogP contribution in [0.3, 0.4) is 0 Å². The van der Waals surface area contributed by atoms with E-state index in [0.29, 0.717) is 11.9 Å². The topological polar surface area (TPSA) is 53.6 Å². The maximum atomic E-state index is 5.87. The summed E-state index contributed by atoms with van der Waals surface area (Å²) in [4.78, 5) is 6.98. The van der Waals surface area contributed by atoms with Gasteiger partial charge in [0.15, 0.2) is 5.96 Å². The number of likely N-dealkylation sites (tertiary alicyclic amines) is 1. The first-order chi connectivity index (χ1) is 9.22. The van der Waals surface area contributed by atoms with Crippen molar-refractivity contribution in [1.82, 2.24) is 10.2 Å². The highest BCUT2D eigenvalue weighted by molar-refractivity contribution is 5.77. The van der Waals surface area contributed by atoms with Crippen molar-refractivity contribution in [3.8, 4) is 0 Å². The molecular formula is C15H32N4. The van der Waals surface area contributed by atoms with E-state index in [9.17, 15) is 0 Å². The summed E-state index contributed by atoms with van der Waals surface area (Å²) in [6.07, 6.45) is 7.77. The van der Waals surface area contributed by atoms with Gasteiger partial charge in [0.1, 0.15) is 0 Å². The molecule has 3 N–H and O–H groups in total. The zero-order chi connectivity index (χ0) is 13.9. The highest BCUT2D eigenvalue weighted by atomic mass is 15.1. The third-order valence-electron chi connectivity index (χ3n) is 3.68. The van der Waals surface area contributed by atoms with E-state index in [2.05, 4.69) is 29.1 Å². The maximum absolute atomic E-state index is 5.87. The molecule has 4 nitrogen and oxygen atoms in total. The molecule has 0 saturated carbocycles. The second-order valence-electron chi connectivity index (χ2n) is 5.83. The number of nitrogens with zero attached hydrogens (tertiary/aromatic N) is 2. The van der Waals surface area contributed by atoms with Crippen molar-refractivity contribution in [2.24, 2.45) is 16.6 Å². The average Bonchev–Trinajstić information content (AvgIpc) is 2.89. The van der Waals surface area contributed by atoms with Crippen molar-refractivity contribution in [2.45, 2.75) is 52.4 Å². The molecule has 4 heteroatoms. The van der Waals surface area contributed by atoms with Crippen molar-refractivity contribution < 1.29 is 0 Å². The smallest absolute Gasteiger partial charge is 0.188 e. The first-order valence-corrected chi connectivity index (χ1v) is 7.98. The van der Waals surface area contributed by atoms with Gasteiger partial charge in [-0.3, -0.25) is 4.99 Å². The van der Waals surface area contributed by atoms with E-state index in [4.69, 9.17) is 5.73 Å². The average molecular weight is 268 g/mol. The molecule has 1 rings (SSSR count). The van der Waals surface area contributed by atoms with Gasteiger partial charge in [0, 0.05) is 19.6 Å². The minimum absolute atomic E-state index is 0.596. The van der Waals surface area contributed by atoms with Crippen LogP contribution >= 0.6 is 0 Å². The van der Waals surface area contributed by atoms with E-state index in [-0.39, 0.29) is 0 Å². The van der Waals surface area contributed by atoms with Crippen LogP contribution in [0.25, 0.3) is 0 Å². The van der Waals surface area contributed by atoms with Crippen molar-refractivity contribution >= 4 is 5.96 Å². The van der Waals surface area contributed by atoms with Gasteiger partial charge in [-0.15, -0.1) is 0 Å². The number of rotatable bonds is 9. The normalized spacial score (nSPS) is 18.7. The number of guanidine groups is 1. The summed E-state index contributed by atoms with van der Waals surface area (Å²) in [7, 11) is 0. The van der Waals surface area contributed by atoms with Gasteiger partial charge in [0.05, 0.1) is 0 Å². The first kappa shape index (κ1) is 16.3. The summed E-state index contributed by atoms with van der Waals surface area (Å²) in [5, 5.41) is 3.20. The minimum atomic E-state index is 0.596. The lowest BCUT2D eigenvalue weighted by atomic mass is 10.2. The van der Waals surface area contributed by atoms with Gasteiger partial charge in [0.2, 0.25) is 0 Å². The van der Waals surface area contributed by atoms with Crippen LogP contribution in [0.1, 0.15) is 52.4 Å². The van der Waals surface area contributed by atoms with E-state index in [1.807, 2.05) is 0 Å². The number of unbranched alkanes of at least 4 members (excludes halogenated alkanes) is 3. The molecule has 0 aromatic carbocycles. The number of nitrogens with one attached hydrogen (secondary N) is 1. The van der Waals surface area contributed by atoms with Gasteiger partial charge in [-0.1, -0.05) is 33.1 Å². The van der Waals surface area contributed by atoms with Crippen LogP contribution < -0.4 is 11.1 Å². The third kappa shape index (κ3) is 8.09. The largest absolute Gasteiger partial charge is 0.370 e. The molecule has 0 aromatic rings. The van der Waals surface area contributed by atoms with Crippen LogP contribution in [-0.2, 0) is 0 Å². The van der Waals surface area contributed by atoms with Crippen LogP contribution in [0.5, 0.6) is 0 Å². The molecule has 1 fully saturated rings. The van der Waals surface area contributed by atoms with Crippen molar-refractivity contribution in [1.29, 1.82) is 0 Å². The molecule has 0 bridgehead atoms. The predicted octanol–water partition coefficient (Wildman–Crippen LogP) is 2.20. The Hall–Kier alpha value is -0.770. The number of nitrogens with two attached hydrogens (primary N) is 1. The summed E-state index contributed by atoms with van der Waals surface area (Å²) >= 11 is 0. The fraction of sp³-hybridized carbons (Fsp3) is 0.933. The molecule has 0 spiro atoms. The lowest BCUT2D eigenvalue weighted by Gasteiger charge is -2.18. The highest BCUT2D eigenvalue weighted by Crippen LogP contribution is 2.10. The molecule has 19 heavy (non-hydrogen) atoms. The summed E-state index contributed by atoms with van der Waals surface area (Å²) < 4.78 is 0. The Morgan fingerprint density at radius 3 is 2.68 bits per heavy atom. The van der Waals surface area contributed by atoms with Crippen molar-refractivity contribution in [3.63, 3.8) is 0 Å². The highest BCUT2D eigenvalue weighted by Gasteiger charge is 2.14. The van der Waals surface area contributed by atoms with Crippen LogP contribution in [0.15, 0.2) is 4.99 Å². The standard InChI is InChI=1S/C15H32N4/c1-3-4-5-6-9-17-15(16)18-12-14(2)13-19-10-7-8-11-19/h14H,3-13H2,1-2H3,(H3,16,17,18). The SMILES string of the molecule is CCCCCCNC(N)=NCC(C)CN1CCCC1. The molecule has 1 atom stereocenters. The van der Waals surface area contributed by atoms with Crippen molar-refractivity contribution in [3.05, 3.63) is 0 Å². The Morgan fingerprint density at radius 2 is 2.00 bits per heavy atom. The van der Waals surface area contributed by atoms with E-state index >= 15 is 0 Å². The Labute approximate surface area is 118 Å². The van der Waals surface area contributed by atoms with E-state index in [1.54, 1.807) is 0 Å². The molecule has 1 heterocycles. The lowest BCUT2D eigenvalue weighted by molar-refractivity contribution is 0.291. The molecule has 0 aromatic heterocycles. The number of hydrogen-bond donors (Lipinski definition) is 2. The Kier molecular flexibility index (Phi) is 8.63. The Balaban J connectivity index is 2.05. The fourth-order valence-electron chi connectivity index (χ4n) is 2.54. The van der Waals surface area contributed by atoms with Gasteiger partial charge in [-0.2, -0.15) is 0 Å². The number of aliphatic imine (C=N–C) groups is 1. The molecule has 112 valence electrons. The molecule has 1 unspecified atom stereocenters. The Bertz CT molecular complexity index is 247. The zero-order valence-corrected chi connectivity index (χ0v) is 12.8. The molecule has 0 aliphatic carbocycles. The fourth-order valence-corrected chi connectivity index (χ4v) is 2.54. The van der Waals surface area contributed by atoms with E-state index in [0.717, 1.165) is 19.6 Å². The van der Waals surface area contributed by atoms with Crippen LogP contribution in [0.2, 0.25) is 0 Å². The quantitative estimate of drug-likeness (QED) is 0.383. The first-order valence-electron chi connectivity index (χ1n) is 7.98. The monoisotopic (exact) mass is 268 g/mol. The summed E-state index contributed by atoms with van der Waals surface area (Å²) in [5.41, 5.74) is 5.87. The molecule has 0 radical (unpaired) electrons. The lowest BCUT2D eigenvalue weighted by Crippen LogP contribution is -2.33. The second-order valence-corrected chi connectivity index (χ2v) is 5.83. The van der Waals surface area contributed by atoms with Gasteiger partial charge in [-0.05, 0) is 38.3 Å². The molecule has 1 aliphatic rings. The predicted molar refractivity (Wildman–Crippen MR) is 83.5 cm³/mol. The minimum Gasteiger partial charge on any atom is -0.370 e. The van der Waals surface area contributed by atoms with Gasteiger partial charge in [0.25, 0.3) is 0 Å². The van der Waals surface area contributed by atoms with Gasteiger partial charge < -0.3 is 16.0 Å². The van der Waals surface area contributed by atoms with Crippen LogP contribution in [-0.4, -0.2) is 43.6 Å². The van der Waals surface area contributed by atoms with E-state index in [1.165, 1.54) is 51.6 Å². The van der Waals surface area contributed by atoms with Gasteiger partial charge in [-0.25, -0.2) is 0 Å².